The molecule has 11 heteroatoms. The van der Waals surface area contributed by atoms with Gasteiger partial charge >= 0.3 is 12.1 Å². The fourth-order valence-corrected chi connectivity index (χ4v) is 3.47. The molecule has 2 aromatic heterocycles. The number of halogens is 3. The first-order valence-corrected chi connectivity index (χ1v) is 10.9. The number of carbonyl (C=O) groups is 1. The van der Waals surface area contributed by atoms with E-state index in [0.717, 1.165) is 18.9 Å². The van der Waals surface area contributed by atoms with Crippen LogP contribution in [0.4, 0.5) is 24.0 Å². The minimum atomic E-state index is -4.56. The molecule has 0 saturated carbocycles. The Morgan fingerprint density at radius 1 is 1.22 bits per heavy atom. The average Bonchev–Trinajstić information content (AvgIpc) is 3.41. The number of nitrogens with zero attached hydrogens (tertiary/aromatic N) is 2. The van der Waals surface area contributed by atoms with Crippen LogP contribution in [0.15, 0.2) is 34.2 Å². The number of rotatable bonds is 10. The van der Waals surface area contributed by atoms with Crippen molar-refractivity contribution in [2.45, 2.75) is 39.3 Å². The summed E-state index contributed by atoms with van der Waals surface area (Å²) in [5.74, 6) is -0.580. The summed E-state index contributed by atoms with van der Waals surface area (Å²) in [6, 6.07) is 5.18. The highest BCUT2D eigenvalue weighted by Gasteiger charge is 2.34. The van der Waals surface area contributed by atoms with E-state index in [-0.39, 0.29) is 36.1 Å². The Morgan fingerprint density at radius 3 is 2.75 bits per heavy atom. The molecule has 0 aliphatic carbocycles. The number of anilines is 2. The zero-order valence-electron chi connectivity index (χ0n) is 17.5. The largest absolute Gasteiger partial charge is 0.493 e. The summed E-state index contributed by atoms with van der Waals surface area (Å²) in [6.45, 7) is 4.11. The summed E-state index contributed by atoms with van der Waals surface area (Å²) in [5, 5.41) is 8.48. The van der Waals surface area contributed by atoms with Gasteiger partial charge < -0.3 is 19.3 Å². The number of thiazole rings is 1. The fourth-order valence-electron chi connectivity index (χ4n) is 2.75. The molecule has 3 aromatic rings. The zero-order chi connectivity index (χ0) is 23.1. The lowest BCUT2D eigenvalue weighted by Crippen LogP contribution is -2.10. The molecule has 1 aromatic carbocycles. The lowest BCUT2D eigenvalue weighted by Gasteiger charge is -2.15. The number of ether oxygens (including phenoxy) is 2. The van der Waals surface area contributed by atoms with Gasteiger partial charge in [-0.3, -0.25) is 0 Å². The Labute approximate surface area is 186 Å². The molecule has 0 aliphatic rings. The average molecular weight is 469 g/mol. The number of alkyl halides is 3. The van der Waals surface area contributed by atoms with Gasteiger partial charge in [-0.15, -0.1) is 11.3 Å². The molecular formula is C21H22F3N3O4S. The van der Waals surface area contributed by atoms with Gasteiger partial charge in [-0.2, -0.15) is 13.2 Å². The number of nitrogens with one attached hydrogen (secondary N) is 1. The highest BCUT2D eigenvalue weighted by atomic mass is 32.1. The molecule has 3 rings (SSSR count). The number of hydrogen-bond donors (Lipinski definition) is 1. The SMILES string of the molecule is CCCCCOc1ccc(Nc2nc(-c3cc(C(=O)OCC)no3)cs2)cc1C(F)(F)F. The van der Waals surface area contributed by atoms with Gasteiger partial charge in [0.05, 0.1) is 18.8 Å². The van der Waals surface area contributed by atoms with E-state index < -0.39 is 17.7 Å². The van der Waals surface area contributed by atoms with Crippen LogP contribution in [0, 0.1) is 0 Å². The Kier molecular flexibility index (Phi) is 7.73. The van der Waals surface area contributed by atoms with Gasteiger partial charge in [0.2, 0.25) is 0 Å². The monoisotopic (exact) mass is 469 g/mol. The standard InChI is InChI=1S/C21H22F3N3O4S/c1-3-5-6-9-30-17-8-7-13(10-14(17)21(22,23)24)25-20-26-16(12-32-20)18-11-15(27-31-18)19(28)29-4-2/h7-8,10-12H,3-6,9H2,1-2H3,(H,25,26). The summed E-state index contributed by atoms with van der Waals surface area (Å²) in [5.41, 5.74) is -0.254. The summed E-state index contributed by atoms with van der Waals surface area (Å²) in [7, 11) is 0. The van der Waals surface area contributed by atoms with E-state index in [2.05, 4.69) is 15.5 Å². The summed E-state index contributed by atoms with van der Waals surface area (Å²) in [4.78, 5) is 16.0. The van der Waals surface area contributed by atoms with Crippen molar-refractivity contribution in [3.05, 3.63) is 40.9 Å². The minimum absolute atomic E-state index is 0.00806. The number of hydrogen-bond acceptors (Lipinski definition) is 8. The van der Waals surface area contributed by atoms with Gasteiger partial charge in [-0.25, -0.2) is 9.78 Å². The first-order chi connectivity index (χ1) is 15.3. The molecule has 0 amide bonds. The van der Waals surface area contributed by atoms with E-state index in [0.29, 0.717) is 17.2 Å². The van der Waals surface area contributed by atoms with Crippen LogP contribution in [-0.4, -0.2) is 29.3 Å². The fraction of sp³-hybridized carbons (Fsp3) is 0.381. The van der Waals surface area contributed by atoms with Crippen molar-refractivity contribution in [1.82, 2.24) is 10.1 Å². The van der Waals surface area contributed by atoms with Gasteiger partial charge in [0.15, 0.2) is 16.6 Å². The van der Waals surface area contributed by atoms with Gasteiger partial charge in [0.1, 0.15) is 11.4 Å². The van der Waals surface area contributed by atoms with Gasteiger partial charge in [0.25, 0.3) is 0 Å². The van der Waals surface area contributed by atoms with E-state index in [1.165, 1.54) is 29.5 Å². The molecule has 172 valence electrons. The van der Waals surface area contributed by atoms with Gasteiger partial charge in [-0.05, 0) is 31.5 Å². The van der Waals surface area contributed by atoms with E-state index in [9.17, 15) is 18.0 Å². The molecule has 0 atom stereocenters. The topological polar surface area (TPSA) is 86.5 Å². The van der Waals surface area contributed by atoms with Crippen LogP contribution in [0.3, 0.4) is 0 Å². The molecule has 0 radical (unpaired) electrons. The lowest BCUT2D eigenvalue weighted by atomic mass is 10.1. The second kappa shape index (κ2) is 10.5. The molecule has 0 unspecified atom stereocenters. The zero-order valence-corrected chi connectivity index (χ0v) is 18.3. The number of unbranched alkanes of at least 4 members (excludes halogenated alkanes) is 2. The predicted octanol–water partition coefficient (Wildman–Crippen LogP) is 6.31. The van der Waals surface area contributed by atoms with Crippen molar-refractivity contribution >= 4 is 28.1 Å². The van der Waals surface area contributed by atoms with Crippen LogP contribution in [0.2, 0.25) is 0 Å². The quantitative estimate of drug-likeness (QED) is 0.275. The Bertz CT molecular complexity index is 1050. The number of esters is 1. The lowest BCUT2D eigenvalue weighted by molar-refractivity contribution is -0.138. The maximum Gasteiger partial charge on any atom is 0.420 e. The number of benzene rings is 1. The van der Waals surface area contributed by atoms with Crippen LogP contribution < -0.4 is 10.1 Å². The Hall–Kier alpha value is -3.08. The van der Waals surface area contributed by atoms with Crippen molar-refractivity contribution in [3.63, 3.8) is 0 Å². The smallest absolute Gasteiger partial charge is 0.420 e. The molecule has 1 N–H and O–H groups in total. The molecule has 0 spiro atoms. The van der Waals surface area contributed by atoms with Crippen molar-refractivity contribution in [1.29, 1.82) is 0 Å². The summed E-state index contributed by atoms with van der Waals surface area (Å²) >= 11 is 1.17. The molecule has 0 saturated heterocycles. The maximum atomic E-state index is 13.5. The maximum absolute atomic E-state index is 13.5. The van der Waals surface area contributed by atoms with Crippen LogP contribution in [0.5, 0.6) is 5.75 Å². The van der Waals surface area contributed by atoms with Crippen LogP contribution in [-0.2, 0) is 10.9 Å². The van der Waals surface area contributed by atoms with Crippen molar-refractivity contribution in [2.75, 3.05) is 18.5 Å². The van der Waals surface area contributed by atoms with Crippen molar-refractivity contribution < 1.29 is 32.0 Å². The predicted molar refractivity (Wildman–Crippen MR) is 113 cm³/mol. The minimum Gasteiger partial charge on any atom is -0.493 e. The van der Waals surface area contributed by atoms with E-state index in [1.807, 2.05) is 6.92 Å². The summed E-state index contributed by atoms with van der Waals surface area (Å²) < 4.78 is 55.9. The van der Waals surface area contributed by atoms with E-state index in [4.69, 9.17) is 14.0 Å². The second-order valence-corrected chi connectivity index (χ2v) is 7.58. The molecule has 32 heavy (non-hydrogen) atoms. The summed E-state index contributed by atoms with van der Waals surface area (Å²) in [6.07, 6.45) is -2.03. The van der Waals surface area contributed by atoms with Crippen LogP contribution in [0.25, 0.3) is 11.5 Å². The van der Waals surface area contributed by atoms with E-state index in [1.54, 1.807) is 12.3 Å². The third-order valence-electron chi connectivity index (χ3n) is 4.29. The molecular weight excluding hydrogens is 447 g/mol. The highest BCUT2D eigenvalue weighted by Crippen LogP contribution is 2.39. The van der Waals surface area contributed by atoms with Crippen LogP contribution >= 0.6 is 11.3 Å². The van der Waals surface area contributed by atoms with Crippen LogP contribution in [0.1, 0.15) is 49.2 Å². The second-order valence-electron chi connectivity index (χ2n) is 6.72. The van der Waals surface area contributed by atoms with Crippen molar-refractivity contribution in [2.24, 2.45) is 0 Å². The third-order valence-corrected chi connectivity index (χ3v) is 5.05. The molecule has 2 heterocycles. The first-order valence-electron chi connectivity index (χ1n) is 10.0. The van der Waals surface area contributed by atoms with Gasteiger partial charge in [0, 0.05) is 17.1 Å². The highest BCUT2D eigenvalue weighted by molar-refractivity contribution is 7.14. The van der Waals surface area contributed by atoms with Gasteiger partial charge in [-0.1, -0.05) is 24.9 Å². The normalized spacial score (nSPS) is 11.4. The third kappa shape index (κ3) is 6.00. The molecule has 0 fully saturated rings. The number of aromatic nitrogens is 2. The molecule has 0 aliphatic heterocycles. The van der Waals surface area contributed by atoms with Crippen molar-refractivity contribution in [3.8, 4) is 17.2 Å². The Balaban J connectivity index is 1.73. The van der Waals surface area contributed by atoms with E-state index >= 15 is 0 Å². The molecule has 7 nitrogen and oxygen atoms in total. The molecule has 0 bridgehead atoms. The first kappa shape index (κ1) is 23.6. The number of carbonyl (C=O) groups excluding carboxylic acids is 1. The Morgan fingerprint density at radius 2 is 2.03 bits per heavy atom.